The minimum Gasteiger partial charge on any atom is -0.490 e. The highest BCUT2D eigenvalue weighted by Crippen LogP contribution is 2.37. The number of benzene rings is 2. The molecule has 0 unspecified atom stereocenters. The Morgan fingerprint density at radius 2 is 1.12 bits per heavy atom. The second-order valence-corrected chi connectivity index (χ2v) is 5.70. The van der Waals surface area contributed by atoms with Crippen LogP contribution in [0.25, 0.3) is 0 Å². The first-order valence-corrected chi connectivity index (χ1v) is 8.28. The number of hydrogen-bond acceptors (Lipinski definition) is 6. The number of ether oxygens (including phenoxy) is 4. The minimum atomic E-state index is -0.282. The van der Waals surface area contributed by atoms with E-state index in [0.717, 1.165) is 0 Å². The highest BCUT2D eigenvalue weighted by atomic mass is 16.5. The van der Waals surface area contributed by atoms with Crippen LogP contribution >= 0.6 is 0 Å². The molecule has 0 spiro atoms. The molecule has 0 fully saturated rings. The summed E-state index contributed by atoms with van der Waals surface area (Å²) >= 11 is 0. The van der Waals surface area contributed by atoms with Gasteiger partial charge in [0, 0.05) is 25.3 Å². The summed E-state index contributed by atoms with van der Waals surface area (Å²) in [5, 5.41) is 0. The van der Waals surface area contributed by atoms with Gasteiger partial charge in [0.2, 0.25) is 5.78 Å². The fourth-order valence-electron chi connectivity index (χ4n) is 2.89. The Bertz CT molecular complexity index is 762. The molecule has 0 heterocycles. The van der Waals surface area contributed by atoms with Crippen LogP contribution in [-0.2, 0) is 9.47 Å². The van der Waals surface area contributed by atoms with E-state index in [-0.39, 0.29) is 35.9 Å². The molecule has 6 nitrogen and oxygen atoms in total. The third kappa shape index (κ3) is 3.34. The molecule has 136 valence electrons. The van der Waals surface area contributed by atoms with Gasteiger partial charge in [-0.2, -0.15) is 0 Å². The molecule has 0 radical (unpaired) electrons. The number of methoxy groups -OCH3 is 2. The highest BCUT2D eigenvalue weighted by molar-refractivity contribution is 6.30. The van der Waals surface area contributed by atoms with E-state index in [9.17, 15) is 9.59 Å². The zero-order chi connectivity index (χ0) is 18.5. The predicted molar refractivity (Wildman–Crippen MR) is 94.5 cm³/mol. The second kappa shape index (κ2) is 8.12. The standard InChI is InChI=1S/C20H20O6/c1-23-9-11-25-15-7-3-5-13-17(15)20(22)18-14(19(13)21)6-4-8-16(18)26-12-10-24-2/h3-8H,9-12H2,1-2H3. The van der Waals surface area contributed by atoms with Crippen molar-refractivity contribution in [3.05, 3.63) is 58.7 Å². The summed E-state index contributed by atoms with van der Waals surface area (Å²) in [6.45, 7) is 1.34. The van der Waals surface area contributed by atoms with Crippen molar-refractivity contribution in [2.75, 3.05) is 40.6 Å². The molecular formula is C20H20O6. The summed E-state index contributed by atoms with van der Waals surface area (Å²) in [5.74, 6) is 0.241. The Hall–Kier alpha value is -2.70. The van der Waals surface area contributed by atoms with Crippen LogP contribution in [0.3, 0.4) is 0 Å². The smallest absolute Gasteiger partial charge is 0.201 e. The summed E-state index contributed by atoms with van der Waals surface area (Å²) in [6, 6.07) is 10.0. The molecule has 1 aliphatic carbocycles. The molecule has 0 bridgehead atoms. The first-order chi connectivity index (χ1) is 12.7. The molecule has 0 atom stereocenters. The van der Waals surface area contributed by atoms with Crippen molar-refractivity contribution in [1.82, 2.24) is 0 Å². The van der Waals surface area contributed by atoms with Crippen LogP contribution in [0.5, 0.6) is 11.5 Å². The van der Waals surface area contributed by atoms with Gasteiger partial charge in [0.15, 0.2) is 5.78 Å². The van der Waals surface area contributed by atoms with Gasteiger partial charge in [-0.3, -0.25) is 9.59 Å². The average Bonchev–Trinajstić information content (AvgIpc) is 2.66. The third-order valence-electron chi connectivity index (χ3n) is 4.09. The monoisotopic (exact) mass is 356 g/mol. The first kappa shape index (κ1) is 18.1. The Labute approximate surface area is 151 Å². The first-order valence-electron chi connectivity index (χ1n) is 8.28. The lowest BCUT2D eigenvalue weighted by Crippen LogP contribution is -2.23. The summed E-state index contributed by atoms with van der Waals surface area (Å²) < 4.78 is 21.3. The van der Waals surface area contributed by atoms with Crippen LogP contribution in [0.1, 0.15) is 31.8 Å². The lowest BCUT2D eigenvalue weighted by Gasteiger charge is -2.22. The van der Waals surface area contributed by atoms with Crippen molar-refractivity contribution >= 4 is 11.6 Å². The van der Waals surface area contributed by atoms with E-state index in [1.165, 1.54) is 0 Å². The molecule has 0 N–H and O–H groups in total. The van der Waals surface area contributed by atoms with E-state index in [1.54, 1.807) is 50.6 Å². The normalized spacial score (nSPS) is 12.5. The Kier molecular flexibility index (Phi) is 5.65. The number of carbonyl (C=O) groups excluding carboxylic acids is 2. The molecule has 0 aliphatic heterocycles. The highest BCUT2D eigenvalue weighted by Gasteiger charge is 2.34. The molecule has 0 aromatic heterocycles. The van der Waals surface area contributed by atoms with Gasteiger partial charge in [-0.05, 0) is 12.1 Å². The molecule has 2 aromatic rings. The molecule has 0 amide bonds. The fourth-order valence-corrected chi connectivity index (χ4v) is 2.89. The van der Waals surface area contributed by atoms with Crippen LogP contribution in [0, 0.1) is 0 Å². The van der Waals surface area contributed by atoms with Crippen molar-refractivity contribution in [3.8, 4) is 11.5 Å². The number of carbonyl (C=O) groups is 2. The lowest BCUT2D eigenvalue weighted by molar-refractivity contribution is 0.0965. The van der Waals surface area contributed by atoms with Crippen LogP contribution < -0.4 is 9.47 Å². The average molecular weight is 356 g/mol. The maximum atomic E-state index is 13.2. The Morgan fingerprint density at radius 1 is 0.654 bits per heavy atom. The molecule has 6 heteroatoms. The SMILES string of the molecule is COCCOc1cccc2c1C(=O)c1c(OCCOC)cccc1C2=O. The van der Waals surface area contributed by atoms with Gasteiger partial charge < -0.3 is 18.9 Å². The molecular weight excluding hydrogens is 336 g/mol. The molecule has 1 aliphatic rings. The molecule has 3 rings (SSSR count). The minimum absolute atomic E-state index is 0.219. The number of hydrogen-bond donors (Lipinski definition) is 0. The molecule has 0 saturated heterocycles. The molecule has 0 saturated carbocycles. The molecule has 26 heavy (non-hydrogen) atoms. The number of ketones is 2. The Morgan fingerprint density at radius 3 is 1.54 bits per heavy atom. The summed E-state index contributed by atoms with van der Waals surface area (Å²) in [6.07, 6.45) is 0. The van der Waals surface area contributed by atoms with Crippen LogP contribution in [0.15, 0.2) is 36.4 Å². The van der Waals surface area contributed by atoms with Crippen molar-refractivity contribution in [3.63, 3.8) is 0 Å². The maximum Gasteiger partial charge on any atom is 0.201 e. The largest absolute Gasteiger partial charge is 0.490 e. The van der Waals surface area contributed by atoms with E-state index >= 15 is 0 Å². The maximum absolute atomic E-state index is 13.2. The van der Waals surface area contributed by atoms with Gasteiger partial charge in [-0.15, -0.1) is 0 Å². The van der Waals surface area contributed by atoms with Crippen molar-refractivity contribution in [1.29, 1.82) is 0 Å². The summed E-state index contributed by atoms with van der Waals surface area (Å²) in [5.41, 5.74) is 1.21. The van der Waals surface area contributed by atoms with Crippen LogP contribution in [-0.4, -0.2) is 52.2 Å². The van der Waals surface area contributed by atoms with Gasteiger partial charge in [-0.25, -0.2) is 0 Å². The lowest BCUT2D eigenvalue weighted by atomic mass is 9.83. The van der Waals surface area contributed by atoms with Crippen molar-refractivity contribution in [2.24, 2.45) is 0 Å². The zero-order valence-corrected chi connectivity index (χ0v) is 14.7. The second-order valence-electron chi connectivity index (χ2n) is 5.70. The van der Waals surface area contributed by atoms with Crippen LogP contribution in [0.2, 0.25) is 0 Å². The van der Waals surface area contributed by atoms with Gasteiger partial charge in [0.25, 0.3) is 0 Å². The fraction of sp³-hybridized carbons (Fsp3) is 0.300. The van der Waals surface area contributed by atoms with E-state index in [0.29, 0.717) is 35.8 Å². The van der Waals surface area contributed by atoms with Crippen molar-refractivity contribution < 1.29 is 28.5 Å². The predicted octanol–water partition coefficient (Wildman–Crippen LogP) is 2.51. The third-order valence-corrected chi connectivity index (χ3v) is 4.09. The van der Waals surface area contributed by atoms with Crippen molar-refractivity contribution in [2.45, 2.75) is 0 Å². The van der Waals surface area contributed by atoms with E-state index in [4.69, 9.17) is 18.9 Å². The number of fused-ring (bicyclic) bond motifs is 2. The van der Waals surface area contributed by atoms with Gasteiger partial charge in [0.1, 0.15) is 24.7 Å². The van der Waals surface area contributed by atoms with E-state index in [2.05, 4.69) is 0 Å². The summed E-state index contributed by atoms with van der Waals surface area (Å²) in [7, 11) is 3.14. The zero-order valence-electron chi connectivity index (χ0n) is 14.7. The van der Waals surface area contributed by atoms with Gasteiger partial charge in [-0.1, -0.05) is 24.3 Å². The van der Waals surface area contributed by atoms with E-state index in [1.807, 2.05) is 0 Å². The van der Waals surface area contributed by atoms with Gasteiger partial charge in [0.05, 0.1) is 24.3 Å². The summed E-state index contributed by atoms with van der Waals surface area (Å²) in [4.78, 5) is 26.1. The quantitative estimate of drug-likeness (QED) is 0.578. The van der Waals surface area contributed by atoms with Gasteiger partial charge >= 0.3 is 0 Å². The molecule has 2 aromatic carbocycles. The number of rotatable bonds is 8. The Balaban J connectivity index is 2.02. The topological polar surface area (TPSA) is 71.1 Å². The van der Waals surface area contributed by atoms with Crippen LogP contribution in [0.4, 0.5) is 0 Å². The van der Waals surface area contributed by atoms with E-state index < -0.39 is 0 Å².